The number of carbonyl (C=O) groups excluding carboxylic acids is 4. The summed E-state index contributed by atoms with van der Waals surface area (Å²) in [5, 5.41) is 13.2. The van der Waals surface area contributed by atoms with Crippen LogP contribution in [-0.2, 0) is 27.4 Å². The van der Waals surface area contributed by atoms with Crippen molar-refractivity contribution in [3.63, 3.8) is 0 Å². The average Bonchev–Trinajstić information content (AvgIpc) is 3.86. The molecule has 272 valence electrons. The van der Waals surface area contributed by atoms with Crippen LogP contribution in [-0.4, -0.2) is 103 Å². The average molecular weight is 721 g/mol. The number of carbonyl (C=O) groups is 4. The highest BCUT2D eigenvalue weighted by Crippen LogP contribution is 2.34. The zero-order valence-corrected chi connectivity index (χ0v) is 27.9. The normalized spacial score (nSPS) is 20.2. The molecule has 4 aromatic rings. The third-order valence-corrected chi connectivity index (χ3v) is 10.2. The van der Waals surface area contributed by atoms with Gasteiger partial charge in [-0.05, 0) is 31.4 Å². The van der Waals surface area contributed by atoms with Gasteiger partial charge in [-0.15, -0.1) is 0 Å². The maximum absolute atomic E-state index is 15.8. The lowest BCUT2D eigenvalue weighted by Crippen LogP contribution is -2.52. The highest BCUT2D eigenvalue weighted by Gasteiger charge is 2.40. The van der Waals surface area contributed by atoms with E-state index in [0.29, 0.717) is 63.6 Å². The minimum absolute atomic E-state index is 0.0593. The molecule has 7 heterocycles. The van der Waals surface area contributed by atoms with Crippen LogP contribution < -0.4 is 15.5 Å². The molecular formula is C34H35F3N10O5. The van der Waals surface area contributed by atoms with Gasteiger partial charge in [-0.1, -0.05) is 6.07 Å². The monoisotopic (exact) mass is 720 g/mol. The van der Waals surface area contributed by atoms with E-state index in [1.165, 1.54) is 26.5 Å². The molecule has 0 bridgehead atoms. The molecule has 2 N–H and O–H groups in total. The Hall–Kier alpha value is -5.36. The Balaban J connectivity index is 0.919. The van der Waals surface area contributed by atoms with Gasteiger partial charge in [0, 0.05) is 68.2 Å². The van der Waals surface area contributed by atoms with E-state index < -0.39 is 47.6 Å². The summed E-state index contributed by atoms with van der Waals surface area (Å²) in [4.78, 5) is 60.4. The molecule has 4 amide bonds. The van der Waals surface area contributed by atoms with Crippen molar-refractivity contribution in [2.24, 2.45) is 0 Å². The summed E-state index contributed by atoms with van der Waals surface area (Å²) >= 11 is 0. The first-order valence-electron chi connectivity index (χ1n) is 17.2. The number of aromatic nitrogens is 5. The number of hydrogen-bond donors (Lipinski definition) is 2. The Labute approximate surface area is 294 Å². The maximum Gasteiger partial charge on any atom is 0.284 e. The number of hydrogen-bond acceptors (Lipinski definition) is 10. The van der Waals surface area contributed by atoms with Crippen LogP contribution in [0.1, 0.15) is 75.7 Å². The third-order valence-electron chi connectivity index (χ3n) is 10.2. The van der Waals surface area contributed by atoms with Gasteiger partial charge in [-0.25, -0.2) is 22.7 Å². The van der Waals surface area contributed by atoms with E-state index in [9.17, 15) is 28.0 Å². The number of halogens is 3. The summed E-state index contributed by atoms with van der Waals surface area (Å²) in [7, 11) is 0. The van der Waals surface area contributed by atoms with Crippen LogP contribution in [0.3, 0.4) is 0 Å². The lowest BCUT2D eigenvalue weighted by molar-refractivity contribution is -0.136. The number of fused-ring (bicyclic) bond motifs is 2. The predicted molar refractivity (Wildman–Crippen MR) is 177 cm³/mol. The van der Waals surface area contributed by atoms with Crippen LogP contribution in [0.4, 0.5) is 24.7 Å². The van der Waals surface area contributed by atoms with E-state index >= 15 is 4.39 Å². The van der Waals surface area contributed by atoms with Gasteiger partial charge in [-0.3, -0.25) is 34.1 Å². The molecule has 8 rings (SSSR count). The Morgan fingerprint density at radius 1 is 1.06 bits per heavy atom. The van der Waals surface area contributed by atoms with E-state index in [4.69, 9.17) is 4.74 Å². The second kappa shape index (κ2) is 13.6. The number of alkyl halides is 2. The summed E-state index contributed by atoms with van der Waals surface area (Å²) in [6.07, 6.45) is 2.89. The van der Waals surface area contributed by atoms with Gasteiger partial charge in [0.15, 0.2) is 11.3 Å². The number of rotatable bonds is 8. The van der Waals surface area contributed by atoms with Gasteiger partial charge >= 0.3 is 0 Å². The van der Waals surface area contributed by atoms with Gasteiger partial charge in [0.2, 0.25) is 11.8 Å². The van der Waals surface area contributed by atoms with Crippen molar-refractivity contribution in [2.75, 3.05) is 49.6 Å². The summed E-state index contributed by atoms with van der Waals surface area (Å²) < 4.78 is 52.4. The van der Waals surface area contributed by atoms with Crippen molar-refractivity contribution in [3.8, 4) is 0 Å². The van der Waals surface area contributed by atoms with Crippen molar-refractivity contribution < 1.29 is 37.1 Å². The highest BCUT2D eigenvalue weighted by molar-refractivity contribution is 6.08. The van der Waals surface area contributed by atoms with Crippen LogP contribution in [0, 0.1) is 5.82 Å². The Morgan fingerprint density at radius 3 is 2.60 bits per heavy atom. The van der Waals surface area contributed by atoms with Gasteiger partial charge in [-0.2, -0.15) is 10.2 Å². The van der Waals surface area contributed by atoms with E-state index in [1.54, 1.807) is 24.4 Å². The summed E-state index contributed by atoms with van der Waals surface area (Å²) in [6, 6.07) is 3.87. The van der Waals surface area contributed by atoms with Crippen LogP contribution in [0.2, 0.25) is 0 Å². The highest BCUT2D eigenvalue weighted by atomic mass is 19.3. The Morgan fingerprint density at radius 2 is 1.85 bits per heavy atom. The fourth-order valence-corrected chi connectivity index (χ4v) is 7.39. The molecule has 0 spiro atoms. The Bertz CT molecular complexity index is 2070. The number of amides is 4. The molecule has 0 aliphatic carbocycles. The van der Waals surface area contributed by atoms with Crippen molar-refractivity contribution in [2.45, 2.75) is 57.3 Å². The molecule has 1 atom stereocenters. The number of piperidine rings is 2. The largest absolute Gasteiger partial charge is 0.378 e. The molecule has 3 aromatic heterocycles. The SMILES string of the molecule is O=C1CCC(N2Cc3c(ccc(CN4CCC(n5cc(NC(=O)c6cnn7ccc(N8CCOCC8)nc67)c(C(F)F)n5)CC4)c3F)C2=O)C(=O)N1. The molecule has 4 aliphatic heterocycles. The minimum Gasteiger partial charge on any atom is -0.378 e. The van der Waals surface area contributed by atoms with E-state index in [1.807, 2.05) is 9.80 Å². The van der Waals surface area contributed by atoms with Crippen molar-refractivity contribution in [1.82, 2.24) is 39.5 Å². The van der Waals surface area contributed by atoms with Crippen LogP contribution in [0.5, 0.6) is 0 Å². The van der Waals surface area contributed by atoms with Crippen molar-refractivity contribution >= 4 is 40.8 Å². The molecule has 1 aromatic carbocycles. The quantitative estimate of drug-likeness (QED) is 0.259. The molecule has 15 nitrogen and oxygen atoms in total. The second-order valence-electron chi connectivity index (χ2n) is 13.3. The summed E-state index contributed by atoms with van der Waals surface area (Å²) in [6.45, 7) is 3.66. The molecule has 0 saturated carbocycles. The second-order valence-corrected chi connectivity index (χ2v) is 13.3. The first-order chi connectivity index (χ1) is 25.1. The summed E-state index contributed by atoms with van der Waals surface area (Å²) in [5.41, 5.74) is 0.601. The number of nitrogens with zero attached hydrogens (tertiary/aromatic N) is 8. The molecular weight excluding hydrogens is 685 g/mol. The number of imide groups is 1. The summed E-state index contributed by atoms with van der Waals surface area (Å²) in [5.74, 6) is -1.89. The molecule has 1 unspecified atom stereocenters. The first kappa shape index (κ1) is 33.8. The number of ether oxygens (including phenoxy) is 1. The van der Waals surface area contributed by atoms with Crippen molar-refractivity contribution in [3.05, 3.63) is 70.6 Å². The molecule has 18 heteroatoms. The molecule has 3 saturated heterocycles. The van der Waals surface area contributed by atoms with E-state index in [2.05, 4.69) is 25.8 Å². The minimum atomic E-state index is -2.94. The topological polar surface area (TPSA) is 159 Å². The molecule has 3 fully saturated rings. The maximum atomic E-state index is 15.8. The van der Waals surface area contributed by atoms with Gasteiger partial charge in [0.05, 0.1) is 37.7 Å². The molecule has 52 heavy (non-hydrogen) atoms. The lowest BCUT2D eigenvalue weighted by Gasteiger charge is -2.32. The molecule has 4 aliphatic rings. The standard InChI is InChI=1S/C34H35F3N10O5/c35-28-19(1-2-21-23(28)17-45(34(21)51)25-3-4-27(48)41-33(25)50)16-43-8-5-20(6-9-43)47-18-24(29(42-47)30(36)37)39-32(49)22-15-38-46-10-7-26(40-31(22)46)44-11-13-52-14-12-44/h1-2,7,10,15,18,20,25,30H,3-6,8-9,11-14,16-17H2,(H,39,49)(H,41,48,50). The first-order valence-corrected chi connectivity index (χ1v) is 17.2. The van der Waals surface area contributed by atoms with Crippen LogP contribution in [0.15, 0.2) is 36.8 Å². The van der Waals surface area contributed by atoms with Crippen LogP contribution in [0.25, 0.3) is 5.65 Å². The lowest BCUT2D eigenvalue weighted by atomic mass is 10.0. The van der Waals surface area contributed by atoms with Gasteiger partial charge in [0.25, 0.3) is 18.2 Å². The fraction of sp³-hybridized carbons (Fsp3) is 0.441. The molecule has 0 radical (unpaired) electrons. The van der Waals surface area contributed by atoms with E-state index in [0.717, 1.165) is 0 Å². The number of anilines is 2. The number of nitrogens with one attached hydrogen (secondary N) is 2. The third kappa shape index (κ3) is 6.25. The number of benzene rings is 1. The van der Waals surface area contributed by atoms with Gasteiger partial charge in [0.1, 0.15) is 23.2 Å². The van der Waals surface area contributed by atoms with E-state index in [-0.39, 0.29) is 60.0 Å². The van der Waals surface area contributed by atoms with Crippen LogP contribution >= 0.6 is 0 Å². The predicted octanol–water partition coefficient (Wildman–Crippen LogP) is 2.69. The Kier molecular flexibility index (Phi) is 8.86. The smallest absolute Gasteiger partial charge is 0.284 e. The van der Waals surface area contributed by atoms with Crippen molar-refractivity contribution in [1.29, 1.82) is 0 Å². The number of likely N-dealkylation sites (tertiary alicyclic amines) is 1. The van der Waals surface area contributed by atoms with Gasteiger partial charge < -0.3 is 19.9 Å². The zero-order chi connectivity index (χ0) is 36.1. The fourth-order valence-electron chi connectivity index (χ4n) is 7.39. The zero-order valence-electron chi connectivity index (χ0n) is 27.9. The number of morpholine rings is 1.